The molecule has 5 rings (SSSR count). The molecule has 4 heterocycles. The lowest BCUT2D eigenvalue weighted by Crippen LogP contribution is -2.38. The van der Waals surface area contributed by atoms with Gasteiger partial charge in [0.1, 0.15) is 5.82 Å². The first-order chi connectivity index (χ1) is 13.2. The molecule has 1 aromatic carbocycles. The third kappa shape index (κ3) is 2.85. The monoisotopic (exact) mass is 361 g/mol. The van der Waals surface area contributed by atoms with Crippen LogP contribution in [0.15, 0.2) is 54.9 Å². The van der Waals surface area contributed by atoms with Crippen LogP contribution in [0, 0.1) is 5.41 Å². The minimum Gasteiger partial charge on any atom is -0.354 e. The highest BCUT2D eigenvalue weighted by molar-refractivity contribution is 5.86. The summed E-state index contributed by atoms with van der Waals surface area (Å²) in [5, 5.41) is 4.65. The number of carbonyl (C=O) groups excluding carboxylic acids is 1. The maximum absolute atomic E-state index is 13.2. The fraction of sp³-hybridized carbons (Fsp3) is 0.381. The summed E-state index contributed by atoms with van der Waals surface area (Å²) in [6, 6.07) is 14.4. The molecule has 0 N–H and O–H groups in total. The second kappa shape index (κ2) is 6.37. The maximum Gasteiger partial charge on any atom is 0.230 e. The van der Waals surface area contributed by atoms with Gasteiger partial charge in [-0.1, -0.05) is 30.3 Å². The van der Waals surface area contributed by atoms with E-state index in [0.29, 0.717) is 5.91 Å². The molecule has 2 fully saturated rings. The van der Waals surface area contributed by atoms with E-state index in [4.69, 9.17) is 0 Å². The van der Waals surface area contributed by atoms with Gasteiger partial charge in [-0.2, -0.15) is 0 Å². The Morgan fingerprint density at radius 1 is 1.04 bits per heavy atom. The molecule has 0 radical (unpaired) electrons. The van der Waals surface area contributed by atoms with Gasteiger partial charge in [-0.25, -0.2) is 9.50 Å². The van der Waals surface area contributed by atoms with Crippen molar-refractivity contribution in [2.45, 2.75) is 19.3 Å². The van der Waals surface area contributed by atoms with E-state index < -0.39 is 0 Å². The molecular weight excluding hydrogens is 338 g/mol. The molecule has 138 valence electrons. The number of nitrogens with zero attached hydrogens (tertiary/aromatic N) is 5. The molecule has 0 saturated carbocycles. The Balaban J connectivity index is 1.27. The van der Waals surface area contributed by atoms with E-state index in [1.807, 2.05) is 24.4 Å². The number of hydrogen-bond acceptors (Lipinski definition) is 4. The largest absolute Gasteiger partial charge is 0.354 e. The van der Waals surface area contributed by atoms with E-state index in [1.54, 1.807) is 10.7 Å². The van der Waals surface area contributed by atoms with Crippen LogP contribution in [0.25, 0.3) is 5.65 Å². The molecule has 1 spiro atoms. The molecule has 6 heteroatoms. The number of rotatable bonds is 4. The zero-order valence-corrected chi connectivity index (χ0v) is 15.3. The van der Waals surface area contributed by atoms with Gasteiger partial charge in [0.25, 0.3) is 0 Å². The first-order valence-electron chi connectivity index (χ1n) is 9.62. The minimum atomic E-state index is -0.234. The second-order valence-electron chi connectivity index (χ2n) is 7.65. The highest BCUT2D eigenvalue weighted by Crippen LogP contribution is 2.41. The lowest BCUT2D eigenvalue weighted by molar-refractivity contribution is -0.135. The highest BCUT2D eigenvalue weighted by atomic mass is 16.2. The van der Waals surface area contributed by atoms with Crippen molar-refractivity contribution < 1.29 is 4.79 Å². The third-order valence-electron chi connectivity index (χ3n) is 6.03. The van der Waals surface area contributed by atoms with Crippen LogP contribution in [0.3, 0.4) is 0 Å². The number of hydrogen-bond donors (Lipinski definition) is 0. The van der Waals surface area contributed by atoms with Crippen LogP contribution in [0.2, 0.25) is 0 Å². The molecule has 0 aliphatic carbocycles. The number of anilines is 1. The van der Waals surface area contributed by atoms with Gasteiger partial charge < -0.3 is 9.80 Å². The normalized spacial score (nSPS) is 22.4. The summed E-state index contributed by atoms with van der Waals surface area (Å²) < 4.78 is 1.79. The first kappa shape index (κ1) is 16.3. The van der Waals surface area contributed by atoms with Crippen molar-refractivity contribution in [2.75, 3.05) is 31.1 Å². The van der Waals surface area contributed by atoms with E-state index in [0.717, 1.165) is 56.9 Å². The molecule has 2 saturated heterocycles. The van der Waals surface area contributed by atoms with E-state index in [1.165, 1.54) is 5.56 Å². The molecule has 27 heavy (non-hydrogen) atoms. The zero-order valence-electron chi connectivity index (χ0n) is 15.3. The van der Waals surface area contributed by atoms with Crippen molar-refractivity contribution in [3.63, 3.8) is 0 Å². The van der Waals surface area contributed by atoms with Crippen molar-refractivity contribution in [3.05, 3.63) is 60.4 Å². The summed E-state index contributed by atoms with van der Waals surface area (Å²) in [6.45, 7) is 3.32. The van der Waals surface area contributed by atoms with Crippen LogP contribution in [-0.4, -0.2) is 51.6 Å². The van der Waals surface area contributed by atoms with Gasteiger partial charge in [-0.15, -0.1) is 5.10 Å². The number of fused-ring (bicyclic) bond motifs is 1. The van der Waals surface area contributed by atoms with Gasteiger partial charge in [-0.3, -0.25) is 4.79 Å². The fourth-order valence-electron chi connectivity index (χ4n) is 4.44. The lowest BCUT2D eigenvalue weighted by atomic mass is 9.85. The average molecular weight is 361 g/mol. The Bertz CT molecular complexity index is 969. The standard InChI is InChI=1S/C21H23N5O/c27-20-21(9-13-24(20)12-8-17-4-2-1-3-5-17)10-14-25(16-21)19-7-6-18-22-11-15-26(18)23-19/h1-7,11,15H,8-10,12-14,16H2. The van der Waals surface area contributed by atoms with Crippen molar-refractivity contribution >= 4 is 17.4 Å². The van der Waals surface area contributed by atoms with Gasteiger partial charge in [-0.05, 0) is 37.0 Å². The number of carbonyl (C=O) groups is 1. The number of amides is 1. The fourth-order valence-corrected chi connectivity index (χ4v) is 4.44. The van der Waals surface area contributed by atoms with Crippen LogP contribution in [0.4, 0.5) is 5.82 Å². The van der Waals surface area contributed by atoms with Crippen LogP contribution in [0.5, 0.6) is 0 Å². The van der Waals surface area contributed by atoms with Crippen molar-refractivity contribution in [2.24, 2.45) is 5.41 Å². The van der Waals surface area contributed by atoms with Gasteiger partial charge in [0.05, 0.1) is 5.41 Å². The molecule has 1 unspecified atom stereocenters. The van der Waals surface area contributed by atoms with E-state index >= 15 is 0 Å². The molecule has 2 aliphatic heterocycles. The molecule has 2 aromatic heterocycles. The molecule has 1 amide bonds. The number of aromatic nitrogens is 3. The molecular formula is C21H23N5O. The maximum atomic E-state index is 13.2. The summed E-state index contributed by atoms with van der Waals surface area (Å²) in [5.41, 5.74) is 1.90. The smallest absolute Gasteiger partial charge is 0.230 e. The molecule has 1 atom stereocenters. The first-order valence-corrected chi connectivity index (χ1v) is 9.62. The van der Waals surface area contributed by atoms with Crippen LogP contribution < -0.4 is 4.90 Å². The Morgan fingerprint density at radius 2 is 1.89 bits per heavy atom. The van der Waals surface area contributed by atoms with Crippen molar-refractivity contribution in [3.8, 4) is 0 Å². The van der Waals surface area contributed by atoms with E-state index in [-0.39, 0.29) is 5.41 Å². The van der Waals surface area contributed by atoms with E-state index in [2.05, 4.69) is 44.1 Å². The molecule has 0 bridgehead atoms. The van der Waals surface area contributed by atoms with Crippen LogP contribution >= 0.6 is 0 Å². The number of imidazole rings is 1. The van der Waals surface area contributed by atoms with Gasteiger partial charge >= 0.3 is 0 Å². The number of benzene rings is 1. The summed E-state index contributed by atoms with van der Waals surface area (Å²) in [6.07, 6.45) is 6.40. The summed E-state index contributed by atoms with van der Waals surface area (Å²) >= 11 is 0. The second-order valence-corrected chi connectivity index (χ2v) is 7.65. The highest BCUT2D eigenvalue weighted by Gasteiger charge is 2.50. The Labute approximate surface area is 158 Å². The minimum absolute atomic E-state index is 0.234. The molecule has 2 aliphatic rings. The molecule has 3 aromatic rings. The SMILES string of the molecule is O=C1N(CCc2ccccc2)CCC12CCN(c1ccc3nccn3n1)C2. The third-order valence-corrected chi connectivity index (χ3v) is 6.03. The lowest BCUT2D eigenvalue weighted by Gasteiger charge is -2.24. The van der Waals surface area contributed by atoms with Crippen molar-refractivity contribution in [1.29, 1.82) is 0 Å². The quantitative estimate of drug-likeness (QED) is 0.716. The van der Waals surface area contributed by atoms with Gasteiger partial charge in [0.15, 0.2) is 5.65 Å². The Hall–Kier alpha value is -2.89. The summed E-state index contributed by atoms with van der Waals surface area (Å²) in [5.74, 6) is 1.25. The molecule has 6 nitrogen and oxygen atoms in total. The Kier molecular flexibility index (Phi) is 3.85. The predicted molar refractivity (Wildman–Crippen MR) is 104 cm³/mol. The van der Waals surface area contributed by atoms with Gasteiger partial charge in [0, 0.05) is 38.6 Å². The van der Waals surface area contributed by atoms with Crippen molar-refractivity contribution in [1.82, 2.24) is 19.5 Å². The topological polar surface area (TPSA) is 53.7 Å². The number of likely N-dealkylation sites (tertiary alicyclic amines) is 1. The van der Waals surface area contributed by atoms with E-state index in [9.17, 15) is 4.79 Å². The van der Waals surface area contributed by atoms with Crippen LogP contribution in [0.1, 0.15) is 18.4 Å². The summed E-state index contributed by atoms with van der Waals surface area (Å²) in [4.78, 5) is 21.7. The zero-order chi connectivity index (χ0) is 18.3. The van der Waals surface area contributed by atoms with Crippen LogP contribution in [-0.2, 0) is 11.2 Å². The predicted octanol–water partition coefficient (Wildman–Crippen LogP) is 2.40. The van der Waals surface area contributed by atoms with Gasteiger partial charge in [0.2, 0.25) is 5.91 Å². The average Bonchev–Trinajstić information content (AvgIpc) is 3.42. The summed E-state index contributed by atoms with van der Waals surface area (Å²) in [7, 11) is 0. The Morgan fingerprint density at radius 3 is 2.78 bits per heavy atom.